The van der Waals surface area contributed by atoms with Crippen LogP contribution >= 0.6 is 94.5 Å². The molecule has 0 amide bonds. The number of aromatic amines is 2. The molecule has 45 heavy (non-hydrogen) atoms. The summed E-state index contributed by atoms with van der Waals surface area (Å²) in [5, 5.41) is 3.86. The molecule has 0 spiro atoms. The van der Waals surface area contributed by atoms with Gasteiger partial charge in [-0.3, -0.25) is 0 Å². The van der Waals surface area contributed by atoms with Gasteiger partial charge in [0.15, 0.2) is 23.3 Å². The van der Waals surface area contributed by atoms with E-state index in [0.717, 1.165) is 47.4 Å². The third kappa shape index (κ3) is 5.56. The first-order chi connectivity index (χ1) is 20.2. The van der Waals surface area contributed by atoms with Gasteiger partial charge in [-0.05, 0) is 28.7 Å². The maximum absolute atomic E-state index is 5.07. The fraction of sp³-hybridized carbons (Fsp3) is 0. The van der Waals surface area contributed by atoms with E-state index >= 15 is 0 Å². The fourth-order valence-corrected chi connectivity index (χ4v) is 6.40. The van der Waals surface area contributed by atoms with E-state index in [2.05, 4.69) is 44.7 Å². The molecule has 0 atom stereocenters. The maximum atomic E-state index is 5.07. The van der Waals surface area contributed by atoms with E-state index in [1.807, 2.05) is 78.9 Å². The van der Waals surface area contributed by atoms with Crippen LogP contribution in [0.4, 0.5) is 0 Å². The van der Waals surface area contributed by atoms with Crippen molar-refractivity contribution in [3.05, 3.63) is 94.6 Å². The maximum Gasteiger partial charge on any atom is 0.164 e. The molecular formula is C32H20CuI4N8. The van der Waals surface area contributed by atoms with Crippen molar-refractivity contribution in [2.45, 2.75) is 0 Å². The summed E-state index contributed by atoms with van der Waals surface area (Å²) in [4.78, 5) is 37.0. The van der Waals surface area contributed by atoms with E-state index in [-0.39, 0.29) is 89.0 Å². The summed E-state index contributed by atoms with van der Waals surface area (Å²) in [6, 6.07) is 30.4. The van der Waals surface area contributed by atoms with Crippen molar-refractivity contribution < 1.29 is 17.1 Å². The number of fused-ring (bicyclic) bond motifs is 20. The summed E-state index contributed by atoms with van der Waals surface area (Å²) in [5.74, 6) is 2.39. The number of benzene rings is 4. The predicted octanol–water partition coefficient (Wildman–Crippen LogP) is 9.33. The van der Waals surface area contributed by atoms with Gasteiger partial charge in [0.05, 0.1) is 0 Å². The van der Waals surface area contributed by atoms with Gasteiger partial charge < -0.3 is 9.97 Å². The van der Waals surface area contributed by atoms with E-state index < -0.39 is 0 Å². The van der Waals surface area contributed by atoms with Crippen LogP contribution in [0, 0.1) is 3.57 Å². The SMILES string of the molecule is I.I.I.Ic1cccc2c3nc4nc(nc5[nH]c(nc6nc(nc([nH]3)c12)-c1ccccc1-6)c1ccccc51)-c1ccccc1-4.[Cu]. The van der Waals surface area contributed by atoms with E-state index in [9.17, 15) is 0 Å². The van der Waals surface area contributed by atoms with E-state index in [0.29, 0.717) is 45.9 Å². The van der Waals surface area contributed by atoms with Crippen LogP contribution in [0.2, 0.25) is 0 Å². The first kappa shape index (κ1) is 34.0. The molecule has 0 unspecified atom stereocenters. The Labute approximate surface area is 331 Å². The van der Waals surface area contributed by atoms with Crippen molar-refractivity contribution in [3.8, 4) is 45.6 Å². The number of nitrogens with zero attached hydrogens (tertiary/aromatic N) is 6. The second-order valence-corrected chi connectivity index (χ2v) is 11.1. The summed E-state index contributed by atoms with van der Waals surface area (Å²) in [7, 11) is 0. The molecule has 7 aromatic rings. The summed E-state index contributed by atoms with van der Waals surface area (Å²) in [6.45, 7) is 0. The molecule has 8 bridgehead atoms. The van der Waals surface area contributed by atoms with Crippen molar-refractivity contribution in [2.75, 3.05) is 0 Å². The Bertz CT molecular complexity index is 2420. The van der Waals surface area contributed by atoms with Crippen molar-refractivity contribution in [1.82, 2.24) is 39.9 Å². The summed E-state index contributed by atoms with van der Waals surface area (Å²) in [5.41, 5.74) is 6.46. The van der Waals surface area contributed by atoms with Crippen LogP contribution in [0.1, 0.15) is 0 Å². The summed E-state index contributed by atoms with van der Waals surface area (Å²) >= 11 is 2.35. The van der Waals surface area contributed by atoms with Gasteiger partial charge in [0.2, 0.25) is 0 Å². The number of aromatic nitrogens is 8. The molecule has 3 aromatic heterocycles. The first-order valence-corrected chi connectivity index (χ1v) is 14.2. The van der Waals surface area contributed by atoms with Crippen molar-refractivity contribution in [3.63, 3.8) is 0 Å². The average molecular weight is 1090 g/mol. The van der Waals surface area contributed by atoms with Crippen LogP contribution in [0.15, 0.2) is 91.0 Å². The minimum Gasteiger partial charge on any atom is -0.324 e. The predicted molar refractivity (Wildman–Crippen MR) is 215 cm³/mol. The molecule has 4 aromatic carbocycles. The average Bonchev–Trinajstić information content (AvgIpc) is 3.73. The topological polar surface area (TPSA) is 109 Å². The van der Waals surface area contributed by atoms with E-state index in [4.69, 9.17) is 29.9 Å². The zero-order valence-electron chi connectivity index (χ0n) is 22.7. The molecular weight excluding hydrogens is 1070 g/mol. The normalized spacial score (nSPS) is 11.0. The van der Waals surface area contributed by atoms with Gasteiger partial charge in [-0.15, -0.1) is 71.9 Å². The van der Waals surface area contributed by atoms with Crippen LogP contribution in [0.25, 0.3) is 89.7 Å². The summed E-state index contributed by atoms with van der Waals surface area (Å²) < 4.78 is 1.07. The largest absolute Gasteiger partial charge is 0.324 e. The molecule has 227 valence electrons. The third-order valence-electron chi connectivity index (χ3n) is 7.53. The molecule has 2 aliphatic heterocycles. The fourth-order valence-electron chi connectivity index (χ4n) is 5.65. The minimum absolute atomic E-state index is 0. The number of halogens is 4. The van der Waals surface area contributed by atoms with Gasteiger partial charge in [0, 0.05) is 64.4 Å². The second kappa shape index (κ2) is 13.4. The number of nitrogens with one attached hydrogen (secondary N) is 2. The molecule has 0 saturated heterocycles. The molecule has 1 radical (unpaired) electrons. The molecule has 0 aliphatic carbocycles. The van der Waals surface area contributed by atoms with Crippen LogP contribution in [0.5, 0.6) is 0 Å². The number of rotatable bonds is 0. The Morgan fingerprint density at radius 3 is 1.22 bits per heavy atom. The smallest absolute Gasteiger partial charge is 0.164 e. The number of hydrogen-bond donors (Lipinski definition) is 2. The van der Waals surface area contributed by atoms with Crippen LogP contribution < -0.4 is 0 Å². The number of hydrogen-bond acceptors (Lipinski definition) is 6. The molecule has 0 fully saturated rings. The first-order valence-electron chi connectivity index (χ1n) is 13.1. The minimum atomic E-state index is 0. The zero-order valence-corrected chi connectivity index (χ0v) is 32.8. The Balaban J connectivity index is 0.00000100. The Hall–Kier alpha value is -2.32. The Kier molecular flexibility index (Phi) is 10.2. The van der Waals surface area contributed by atoms with Gasteiger partial charge in [0.1, 0.15) is 22.6 Å². The second-order valence-electron chi connectivity index (χ2n) is 9.91. The molecule has 13 heteroatoms. The number of H-pyrrole nitrogens is 2. The van der Waals surface area contributed by atoms with Gasteiger partial charge >= 0.3 is 0 Å². The van der Waals surface area contributed by atoms with Crippen LogP contribution in [-0.4, -0.2) is 39.9 Å². The van der Waals surface area contributed by atoms with Crippen LogP contribution in [-0.2, 0) is 17.1 Å². The van der Waals surface area contributed by atoms with Gasteiger partial charge in [-0.1, -0.05) is 84.9 Å². The Morgan fingerprint density at radius 1 is 0.400 bits per heavy atom. The van der Waals surface area contributed by atoms with Gasteiger partial charge in [0.25, 0.3) is 0 Å². The molecule has 2 aliphatic rings. The van der Waals surface area contributed by atoms with Crippen LogP contribution in [0.3, 0.4) is 0 Å². The Morgan fingerprint density at radius 2 is 0.756 bits per heavy atom. The van der Waals surface area contributed by atoms with E-state index in [1.165, 1.54) is 0 Å². The van der Waals surface area contributed by atoms with Gasteiger partial charge in [-0.25, -0.2) is 29.9 Å². The summed E-state index contributed by atoms with van der Waals surface area (Å²) in [6.07, 6.45) is 0. The quantitative estimate of drug-likeness (QED) is 0.116. The molecule has 2 N–H and O–H groups in total. The molecule has 8 nitrogen and oxygen atoms in total. The zero-order chi connectivity index (χ0) is 27.1. The standard InChI is InChI=1S/C32H17IN8.Cu.3HI/c33-23-15-7-14-22-24(23)32-40-30-21-13-6-5-12-20(21)28(38-30)36-26-17-9-2-1-8-16(17)25(34-26)35-27-18-10-3-4-11-19(18)29(37-27)39-31(22)41-32;;;;/h1-15H,(H2,34,35,36,37,38,39,40,41);;3*1H. The third-order valence-corrected chi connectivity index (χ3v) is 8.43. The van der Waals surface area contributed by atoms with Crippen molar-refractivity contribution in [2.24, 2.45) is 0 Å². The van der Waals surface area contributed by atoms with Gasteiger partial charge in [-0.2, -0.15) is 0 Å². The molecule has 5 heterocycles. The molecule has 0 saturated carbocycles. The monoisotopic (exact) mass is 1090 g/mol. The van der Waals surface area contributed by atoms with Crippen molar-refractivity contribution in [1.29, 1.82) is 0 Å². The van der Waals surface area contributed by atoms with E-state index in [1.54, 1.807) is 0 Å². The molecule has 9 rings (SSSR count). The van der Waals surface area contributed by atoms with Crippen molar-refractivity contribution >= 4 is 139 Å².